The van der Waals surface area contributed by atoms with Crippen molar-refractivity contribution in [2.75, 3.05) is 13.7 Å². The van der Waals surface area contributed by atoms with Gasteiger partial charge < -0.3 is 15.4 Å². The molecule has 1 heterocycles. The Morgan fingerprint density at radius 1 is 1.25 bits per heavy atom. The monoisotopic (exact) mass is 460 g/mol. The van der Waals surface area contributed by atoms with E-state index in [2.05, 4.69) is 20.6 Å². The fourth-order valence-corrected chi connectivity index (χ4v) is 2.19. The van der Waals surface area contributed by atoms with Crippen LogP contribution in [0.15, 0.2) is 47.6 Å². The molecule has 1 aromatic heterocycles. The molecule has 2 rings (SSSR count). The molecule has 0 atom stereocenters. The van der Waals surface area contributed by atoms with Gasteiger partial charge in [0.05, 0.1) is 25.9 Å². The molecular formula is C17H22ClIN4O. The van der Waals surface area contributed by atoms with Gasteiger partial charge in [0.2, 0.25) is 0 Å². The maximum Gasteiger partial charge on any atom is 0.191 e. The Labute approximate surface area is 164 Å². The molecule has 0 aliphatic rings. The molecular weight excluding hydrogens is 439 g/mol. The molecule has 0 bridgehead atoms. The second-order valence-electron chi connectivity index (χ2n) is 4.83. The lowest BCUT2D eigenvalue weighted by Gasteiger charge is -2.12. The molecule has 0 unspecified atom stereocenters. The number of ether oxygens (including phenoxy) is 1. The third-order valence-electron chi connectivity index (χ3n) is 3.16. The van der Waals surface area contributed by atoms with Gasteiger partial charge in [-0.1, -0.05) is 23.7 Å². The maximum absolute atomic E-state index is 5.98. The second-order valence-corrected chi connectivity index (χ2v) is 5.26. The van der Waals surface area contributed by atoms with Gasteiger partial charge in [-0.2, -0.15) is 0 Å². The van der Waals surface area contributed by atoms with Crippen LogP contribution in [0.4, 0.5) is 0 Å². The van der Waals surface area contributed by atoms with Crippen molar-refractivity contribution in [3.63, 3.8) is 0 Å². The highest BCUT2D eigenvalue weighted by Crippen LogP contribution is 2.23. The van der Waals surface area contributed by atoms with E-state index in [4.69, 9.17) is 16.3 Å². The van der Waals surface area contributed by atoms with Crippen LogP contribution in [0.3, 0.4) is 0 Å². The summed E-state index contributed by atoms with van der Waals surface area (Å²) in [6, 6.07) is 11.4. The number of rotatable bonds is 6. The first-order chi connectivity index (χ1) is 11.2. The number of hydrogen-bond donors (Lipinski definition) is 2. The number of benzene rings is 1. The van der Waals surface area contributed by atoms with Gasteiger partial charge in [-0.25, -0.2) is 4.99 Å². The summed E-state index contributed by atoms with van der Waals surface area (Å²) in [6.45, 7) is 3.93. The molecule has 0 saturated carbocycles. The van der Waals surface area contributed by atoms with Gasteiger partial charge >= 0.3 is 0 Å². The van der Waals surface area contributed by atoms with E-state index in [1.54, 1.807) is 19.4 Å². The van der Waals surface area contributed by atoms with Crippen molar-refractivity contribution in [2.45, 2.75) is 20.0 Å². The van der Waals surface area contributed by atoms with E-state index in [1.807, 2.05) is 37.3 Å². The van der Waals surface area contributed by atoms with Crippen LogP contribution in [0.5, 0.6) is 5.75 Å². The highest BCUT2D eigenvalue weighted by Gasteiger charge is 2.04. The number of halogens is 2. The first-order valence-corrected chi connectivity index (χ1v) is 7.85. The quantitative estimate of drug-likeness (QED) is 0.393. The first kappa shape index (κ1) is 20.5. The van der Waals surface area contributed by atoms with Crippen molar-refractivity contribution >= 4 is 41.5 Å². The summed E-state index contributed by atoms with van der Waals surface area (Å²) in [5, 5.41) is 7.13. The summed E-state index contributed by atoms with van der Waals surface area (Å²) in [4.78, 5) is 8.87. The largest absolute Gasteiger partial charge is 0.496 e. The van der Waals surface area contributed by atoms with Gasteiger partial charge in [-0.15, -0.1) is 24.0 Å². The van der Waals surface area contributed by atoms with Crippen LogP contribution >= 0.6 is 35.6 Å². The Morgan fingerprint density at radius 2 is 2.08 bits per heavy atom. The van der Waals surface area contributed by atoms with E-state index in [0.717, 1.165) is 29.5 Å². The molecule has 24 heavy (non-hydrogen) atoms. The summed E-state index contributed by atoms with van der Waals surface area (Å²) in [7, 11) is 1.63. The van der Waals surface area contributed by atoms with Crippen LogP contribution in [0.1, 0.15) is 18.2 Å². The van der Waals surface area contributed by atoms with Gasteiger partial charge in [0.15, 0.2) is 5.96 Å². The van der Waals surface area contributed by atoms with Gasteiger partial charge in [0.25, 0.3) is 0 Å². The van der Waals surface area contributed by atoms with Crippen molar-refractivity contribution in [1.29, 1.82) is 0 Å². The van der Waals surface area contributed by atoms with E-state index in [0.29, 0.717) is 18.1 Å². The molecule has 0 aliphatic carbocycles. The summed E-state index contributed by atoms with van der Waals surface area (Å²) in [5.74, 6) is 1.47. The predicted molar refractivity (Wildman–Crippen MR) is 109 cm³/mol. The van der Waals surface area contributed by atoms with Crippen LogP contribution in [0, 0.1) is 0 Å². The number of methoxy groups -OCH3 is 1. The number of nitrogens with zero attached hydrogens (tertiary/aromatic N) is 2. The molecule has 5 nitrogen and oxygen atoms in total. The maximum atomic E-state index is 5.98. The summed E-state index contributed by atoms with van der Waals surface area (Å²) in [5.41, 5.74) is 1.94. The van der Waals surface area contributed by atoms with E-state index in [9.17, 15) is 0 Å². The van der Waals surface area contributed by atoms with E-state index in [-0.39, 0.29) is 24.0 Å². The van der Waals surface area contributed by atoms with Crippen LogP contribution in [-0.4, -0.2) is 24.6 Å². The van der Waals surface area contributed by atoms with Crippen LogP contribution in [-0.2, 0) is 13.1 Å². The molecule has 0 radical (unpaired) electrons. The first-order valence-electron chi connectivity index (χ1n) is 7.47. The Morgan fingerprint density at radius 3 is 2.75 bits per heavy atom. The number of pyridine rings is 1. The van der Waals surface area contributed by atoms with E-state index in [1.165, 1.54) is 0 Å². The lowest BCUT2D eigenvalue weighted by atomic mass is 10.2. The number of aliphatic imine (C=N–C) groups is 1. The summed E-state index contributed by atoms with van der Waals surface area (Å²) >= 11 is 5.98. The van der Waals surface area contributed by atoms with Crippen molar-refractivity contribution in [1.82, 2.24) is 15.6 Å². The highest BCUT2D eigenvalue weighted by atomic mass is 127. The van der Waals surface area contributed by atoms with Crippen LogP contribution in [0.25, 0.3) is 0 Å². The molecule has 0 fully saturated rings. The van der Waals surface area contributed by atoms with E-state index >= 15 is 0 Å². The molecule has 0 spiro atoms. The second kappa shape index (κ2) is 11.1. The summed E-state index contributed by atoms with van der Waals surface area (Å²) < 4.78 is 5.34. The number of aromatic nitrogens is 1. The average molecular weight is 461 g/mol. The topological polar surface area (TPSA) is 58.5 Å². The smallest absolute Gasteiger partial charge is 0.191 e. The van der Waals surface area contributed by atoms with Crippen molar-refractivity contribution in [3.8, 4) is 5.75 Å². The zero-order valence-electron chi connectivity index (χ0n) is 13.8. The molecule has 7 heteroatoms. The molecule has 2 N–H and O–H groups in total. The fourth-order valence-electron chi connectivity index (χ4n) is 2.03. The van der Waals surface area contributed by atoms with Crippen molar-refractivity contribution in [2.24, 2.45) is 4.99 Å². The molecule has 130 valence electrons. The standard InChI is InChI=1S/C17H21ClN4O.HI/c1-3-19-17(22-12-15-6-4-5-9-20-15)21-11-13-7-8-14(18)10-16(13)23-2;/h4-10H,3,11-12H2,1-2H3,(H2,19,21,22);1H. The minimum absolute atomic E-state index is 0. The number of nitrogens with one attached hydrogen (secondary N) is 2. The number of hydrogen-bond acceptors (Lipinski definition) is 3. The average Bonchev–Trinajstić information content (AvgIpc) is 2.59. The normalized spacial score (nSPS) is 10.7. The van der Waals surface area contributed by atoms with Crippen molar-refractivity contribution < 1.29 is 4.74 Å². The van der Waals surface area contributed by atoms with E-state index < -0.39 is 0 Å². The third kappa shape index (κ3) is 6.52. The summed E-state index contributed by atoms with van der Waals surface area (Å²) in [6.07, 6.45) is 1.78. The highest BCUT2D eigenvalue weighted by molar-refractivity contribution is 14.0. The molecule has 0 amide bonds. The van der Waals surface area contributed by atoms with Gasteiger partial charge in [0.1, 0.15) is 5.75 Å². The zero-order chi connectivity index (χ0) is 16.5. The Kier molecular flexibility index (Phi) is 9.48. The predicted octanol–water partition coefficient (Wildman–Crippen LogP) is 3.62. The van der Waals surface area contributed by atoms with Gasteiger partial charge in [-0.05, 0) is 31.2 Å². The molecule has 2 aromatic rings. The Hall–Kier alpha value is -1.54. The minimum Gasteiger partial charge on any atom is -0.496 e. The third-order valence-corrected chi connectivity index (χ3v) is 3.40. The molecule has 0 aliphatic heterocycles. The zero-order valence-corrected chi connectivity index (χ0v) is 16.8. The molecule has 1 aromatic carbocycles. The fraction of sp³-hybridized carbons (Fsp3) is 0.294. The van der Waals surface area contributed by atoms with Gasteiger partial charge in [-0.3, -0.25) is 4.98 Å². The van der Waals surface area contributed by atoms with Crippen molar-refractivity contribution in [3.05, 3.63) is 58.9 Å². The van der Waals surface area contributed by atoms with Gasteiger partial charge in [0, 0.05) is 23.3 Å². The SMILES string of the molecule is CCNC(=NCc1ccc(Cl)cc1OC)NCc1ccccn1.I. The Bertz CT molecular complexity index is 652. The lowest BCUT2D eigenvalue weighted by Crippen LogP contribution is -2.37. The Balaban J connectivity index is 0.00000288. The van der Waals surface area contributed by atoms with Crippen LogP contribution < -0.4 is 15.4 Å². The molecule has 0 saturated heterocycles. The number of guanidine groups is 1. The minimum atomic E-state index is 0. The van der Waals surface area contributed by atoms with Crippen LogP contribution in [0.2, 0.25) is 5.02 Å². The lowest BCUT2D eigenvalue weighted by molar-refractivity contribution is 0.410.